The Balaban J connectivity index is 1.38. The molecular formula is C21H32N6O. The molecule has 1 aromatic heterocycles. The van der Waals surface area contributed by atoms with E-state index in [0.717, 1.165) is 49.8 Å². The summed E-state index contributed by atoms with van der Waals surface area (Å²) in [6.45, 7) is 7.32. The van der Waals surface area contributed by atoms with Crippen molar-refractivity contribution in [1.82, 2.24) is 25.7 Å². The quantitative estimate of drug-likeness (QED) is 0.538. The summed E-state index contributed by atoms with van der Waals surface area (Å²) >= 11 is 0. The van der Waals surface area contributed by atoms with Gasteiger partial charge in [0.15, 0.2) is 11.8 Å². The van der Waals surface area contributed by atoms with E-state index in [2.05, 4.69) is 42.8 Å². The minimum Gasteiger partial charge on any atom is -0.356 e. The van der Waals surface area contributed by atoms with Crippen molar-refractivity contribution in [3.05, 3.63) is 35.7 Å². The summed E-state index contributed by atoms with van der Waals surface area (Å²) in [7, 11) is 1.82. The normalized spacial score (nSPS) is 15.6. The van der Waals surface area contributed by atoms with Gasteiger partial charge in [0.05, 0.1) is 0 Å². The van der Waals surface area contributed by atoms with E-state index >= 15 is 0 Å². The van der Waals surface area contributed by atoms with Gasteiger partial charge in [0.25, 0.3) is 5.89 Å². The lowest BCUT2D eigenvalue weighted by Gasteiger charge is -2.26. The lowest BCUT2D eigenvalue weighted by Crippen LogP contribution is -2.43. The van der Waals surface area contributed by atoms with Crippen molar-refractivity contribution < 1.29 is 4.52 Å². The second kappa shape index (κ2) is 10.8. The van der Waals surface area contributed by atoms with Gasteiger partial charge in [-0.3, -0.25) is 4.99 Å². The van der Waals surface area contributed by atoms with Gasteiger partial charge >= 0.3 is 0 Å². The number of hydrogen-bond donors (Lipinski definition) is 2. The van der Waals surface area contributed by atoms with E-state index in [1.165, 1.54) is 37.9 Å². The van der Waals surface area contributed by atoms with Gasteiger partial charge in [-0.05, 0) is 50.0 Å². The first-order valence-corrected chi connectivity index (χ1v) is 10.4. The molecule has 152 valence electrons. The molecule has 1 aromatic carbocycles. The summed E-state index contributed by atoms with van der Waals surface area (Å²) in [5, 5.41) is 10.8. The molecule has 2 N–H and O–H groups in total. The molecule has 0 unspecified atom stereocenters. The van der Waals surface area contributed by atoms with Crippen molar-refractivity contribution in [2.75, 3.05) is 39.8 Å². The molecule has 7 nitrogen and oxygen atoms in total. The van der Waals surface area contributed by atoms with Gasteiger partial charge in [0.1, 0.15) is 0 Å². The van der Waals surface area contributed by atoms with E-state index in [-0.39, 0.29) is 0 Å². The Labute approximate surface area is 167 Å². The van der Waals surface area contributed by atoms with E-state index in [4.69, 9.17) is 4.52 Å². The van der Waals surface area contributed by atoms with Crippen molar-refractivity contribution in [3.63, 3.8) is 0 Å². The van der Waals surface area contributed by atoms with Crippen LogP contribution in [-0.4, -0.2) is 60.8 Å². The molecule has 0 radical (unpaired) electrons. The SMILES string of the molecule is CCc1noc(-c2ccc(CCNC(=NC)NCCN3CCCCC3)cc2)n1. The molecule has 28 heavy (non-hydrogen) atoms. The number of hydrogen-bond acceptors (Lipinski definition) is 5. The highest BCUT2D eigenvalue weighted by molar-refractivity contribution is 5.79. The highest BCUT2D eigenvalue weighted by atomic mass is 16.5. The zero-order valence-electron chi connectivity index (χ0n) is 17.1. The molecule has 2 aromatic rings. The molecule has 0 atom stereocenters. The minimum absolute atomic E-state index is 0.583. The monoisotopic (exact) mass is 384 g/mol. The second-order valence-corrected chi connectivity index (χ2v) is 7.14. The van der Waals surface area contributed by atoms with E-state index in [1.807, 2.05) is 26.1 Å². The first-order valence-electron chi connectivity index (χ1n) is 10.4. The van der Waals surface area contributed by atoms with Crippen molar-refractivity contribution >= 4 is 5.96 Å². The van der Waals surface area contributed by atoms with Gasteiger partial charge in [0.2, 0.25) is 0 Å². The minimum atomic E-state index is 0.583. The fourth-order valence-electron chi connectivity index (χ4n) is 3.39. The van der Waals surface area contributed by atoms with Crippen LogP contribution < -0.4 is 10.6 Å². The second-order valence-electron chi connectivity index (χ2n) is 7.14. The maximum atomic E-state index is 5.29. The number of rotatable bonds is 8. The molecule has 1 aliphatic heterocycles. The molecule has 1 aliphatic rings. The number of guanidine groups is 1. The molecule has 7 heteroatoms. The van der Waals surface area contributed by atoms with Crippen molar-refractivity contribution in [2.24, 2.45) is 4.99 Å². The molecule has 2 heterocycles. The molecule has 0 spiro atoms. The molecule has 1 saturated heterocycles. The van der Waals surface area contributed by atoms with Crippen LogP contribution in [0.5, 0.6) is 0 Å². The zero-order chi connectivity index (χ0) is 19.6. The van der Waals surface area contributed by atoms with Gasteiger partial charge in [-0.25, -0.2) is 0 Å². The third kappa shape index (κ3) is 6.05. The predicted octanol–water partition coefficient (Wildman–Crippen LogP) is 2.49. The number of benzene rings is 1. The van der Waals surface area contributed by atoms with Gasteiger partial charge < -0.3 is 20.1 Å². The standard InChI is InChI=1S/C21H32N6O/c1-3-19-25-20(28-26-19)18-9-7-17(8-10-18)11-12-23-21(22-2)24-13-16-27-14-5-4-6-15-27/h7-10H,3-6,11-16H2,1-2H3,(H2,22,23,24). The third-order valence-corrected chi connectivity index (χ3v) is 5.08. The van der Waals surface area contributed by atoms with Gasteiger partial charge in [-0.2, -0.15) is 4.98 Å². The highest BCUT2D eigenvalue weighted by Gasteiger charge is 2.10. The summed E-state index contributed by atoms with van der Waals surface area (Å²) in [5.41, 5.74) is 2.22. The first-order chi connectivity index (χ1) is 13.8. The molecule has 0 amide bonds. The molecule has 1 fully saturated rings. The summed E-state index contributed by atoms with van der Waals surface area (Å²) in [6.07, 6.45) is 5.75. The summed E-state index contributed by atoms with van der Waals surface area (Å²) < 4.78 is 5.29. The molecule has 0 bridgehead atoms. The van der Waals surface area contributed by atoms with Crippen molar-refractivity contribution in [1.29, 1.82) is 0 Å². The number of aromatic nitrogens is 2. The van der Waals surface area contributed by atoms with Crippen LogP contribution in [0.2, 0.25) is 0 Å². The van der Waals surface area contributed by atoms with Crippen molar-refractivity contribution in [2.45, 2.75) is 39.0 Å². The third-order valence-electron chi connectivity index (χ3n) is 5.08. The average molecular weight is 385 g/mol. The van der Waals surface area contributed by atoms with Crippen LogP contribution in [0.15, 0.2) is 33.8 Å². The van der Waals surface area contributed by atoms with Crippen LogP contribution in [0.1, 0.15) is 37.6 Å². The number of likely N-dealkylation sites (tertiary alicyclic amines) is 1. The summed E-state index contributed by atoms with van der Waals surface area (Å²) in [5.74, 6) is 2.19. The van der Waals surface area contributed by atoms with Crippen LogP contribution in [0.25, 0.3) is 11.5 Å². The molecular weight excluding hydrogens is 352 g/mol. The Kier molecular flexibility index (Phi) is 7.84. The van der Waals surface area contributed by atoms with Crippen molar-refractivity contribution in [3.8, 4) is 11.5 Å². The molecule has 0 saturated carbocycles. The zero-order valence-corrected chi connectivity index (χ0v) is 17.1. The van der Waals surface area contributed by atoms with E-state index in [1.54, 1.807) is 0 Å². The predicted molar refractivity (Wildman–Crippen MR) is 112 cm³/mol. The van der Waals surface area contributed by atoms with Crippen LogP contribution >= 0.6 is 0 Å². The fourth-order valence-corrected chi connectivity index (χ4v) is 3.39. The Morgan fingerprint density at radius 2 is 1.86 bits per heavy atom. The lowest BCUT2D eigenvalue weighted by atomic mass is 10.1. The van der Waals surface area contributed by atoms with E-state index in [0.29, 0.717) is 5.89 Å². The molecule has 3 rings (SSSR count). The lowest BCUT2D eigenvalue weighted by molar-refractivity contribution is 0.232. The topological polar surface area (TPSA) is 78.6 Å². The summed E-state index contributed by atoms with van der Waals surface area (Å²) in [4.78, 5) is 11.2. The Hall–Kier alpha value is -2.41. The fraction of sp³-hybridized carbons (Fsp3) is 0.571. The van der Waals surface area contributed by atoms with Gasteiger partial charge in [-0.15, -0.1) is 0 Å². The van der Waals surface area contributed by atoms with E-state index in [9.17, 15) is 0 Å². The number of nitrogens with zero attached hydrogens (tertiary/aromatic N) is 4. The Bertz CT molecular complexity index is 734. The largest absolute Gasteiger partial charge is 0.356 e. The number of nitrogens with one attached hydrogen (secondary N) is 2. The van der Waals surface area contributed by atoms with E-state index < -0.39 is 0 Å². The number of aryl methyl sites for hydroxylation is 1. The number of piperidine rings is 1. The van der Waals surface area contributed by atoms with Crippen LogP contribution in [0.3, 0.4) is 0 Å². The summed E-state index contributed by atoms with van der Waals surface area (Å²) in [6, 6.07) is 8.29. The maximum Gasteiger partial charge on any atom is 0.257 e. The van der Waals surface area contributed by atoms with Gasteiger partial charge in [0, 0.05) is 38.7 Å². The average Bonchev–Trinajstić information content (AvgIpc) is 3.23. The smallest absolute Gasteiger partial charge is 0.257 e. The van der Waals surface area contributed by atoms with Crippen LogP contribution in [0, 0.1) is 0 Å². The Morgan fingerprint density at radius 1 is 1.11 bits per heavy atom. The van der Waals surface area contributed by atoms with Crippen LogP contribution in [0.4, 0.5) is 0 Å². The first kappa shape index (κ1) is 20.3. The number of aliphatic imine (C=N–C) groups is 1. The van der Waals surface area contributed by atoms with Gasteiger partial charge in [-0.1, -0.05) is 30.6 Å². The molecule has 0 aliphatic carbocycles. The highest BCUT2D eigenvalue weighted by Crippen LogP contribution is 2.18. The maximum absolute atomic E-state index is 5.29. The Morgan fingerprint density at radius 3 is 2.54 bits per heavy atom. The van der Waals surface area contributed by atoms with Crippen LogP contribution in [-0.2, 0) is 12.8 Å².